The summed E-state index contributed by atoms with van der Waals surface area (Å²) in [6, 6.07) is 7.39. The average molecular weight is 267 g/mol. The number of rotatable bonds is 7. The fraction of sp³-hybridized carbons (Fsp3) is 0.500. The Morgan fingerprint density at radius 3 is 2.83 bits per heavy atom. The molecule has 3 nitrogen and oxygen atoms in total. The van der Waals surface area contributed by atoms with E-state index < -0.39 is 0 Å². The van der Waals surface area contributed by atoms with E-state index >= 15 is 0 Å². The molecule has 1 atom stereocenters. The van der Waals surface area contributed by atoms with Crippen LogP contribution in [-0.4, -0.2) is 18.3 Å². The van der Waals surface area contributed by atoms with Crippen molar-refractivity contribution in [1.82, 2.24) is 5.32 Å². The van der Waals surface area contributed by atoms with Crippen molar-refractivity contribution in [3.63, 3.8) is 0 Å². The van der Waals surface area contributed by atoms with E-state index in [9.17, 15) is 0 Å². The molecular formula is C14H19ClN2O. The molecule has 0 aliphatic heterocycles. The van der Waals surface area contributed by atoms with Gasteiger partial charge in [-0.2, -0.15) is 5.26 Å². The van der Waals surface area contributed by atoms with E-state index in [4.69, 9.17) is 22.0 Å². The molecule has 0 aliphatic carbocycles. The molecule has 1 rings (SSSR count). The number of benzene rings is 1. The molecule has 0 aromatic heterocycles. The van der Waals surface area contributed by atoms with Crippen LogP contribution in [0.3, 0.4) is 0 Å². The molecule has 2 N–H and O–H groups in total. The van der Waals surface area contributed by atoms with Crippen molar-refractivity contribution < 1.29 is 5.11 Å². The molecule has 0 bridgehead atoms. The monoisotopic (exact) mass is 266 g/mol. The molecule has 4 heteroatoms. The number of aliphatic hydroxyl groups excluding tert-OH is 1. The van der Waals surface area contributed by atoms with E-state index in [1.54, 1.807) is 12.1 Å². The number of nitriles is 1. The number of halogens is 1. The SMILES string of the molecule is CCC(CCO)CNCc1ccc(C#N)cc1Cl. The van der Waals surface area contributed by atoms with E-state index in [1.165, 1.54) is 0 Å². The zero-order valence-electron chi connectivity index (χ0n) is 10.6. The zero-order valence-corrected chi connectivity index (χ0v) is 11.4. The Balaban J connectivity index is 2.46. The second-order valence-electron chi connectivity index (χ2n) is 4.34. The van der Waals surface area contributed by atoms with Crippen molar-refractivity contribution in [2.75, 3.05) is 13.2 Å². The summed E-state index contributed by atoms with van der Waals surface area (Å²) >= 11 is 6.09. The minimum atomic E-state index is 0.234. The van der Waals surface area contributed by atoms with Crippen LogP contribution in [0.5, 0.6) is 0 Å². The Morgan fingerprint density at radius 1 is 1.50 bits per heavy atom. The van der Waals surface area contributed by atoms with Crippen molar-refractivity contribution >= 4 is 11.6 Å². The van der Waals surface area contributed by atoms with Gasteiger partial charge in [0.2, 0.25) is 0 Å². The Bertz CT molecular complexity index is 415. The molecular weight excluding hydrogens is 248 g/mol. The largest absolute Gasteiger partial charge is 0.396 e. The molecule has 0 amide bonds. The normalized spacial score (nSPS) is 12.1. The Morgan fingerprint density at radius 2 is 2.28 bits per heavy atom. The van der Waals surface area contributed by atoms with Gasteiger partial charge in [-0.25, -0.2) is 0 Å². The third kappa shape index (κ3) is 4.66. The van der Waals surface area contributed by atoms with Crippen molar-refractivity contribution in [2.45, 2.75) is 26.3 Å². The molecule has 0 radical (unpaired) electrons. The molecule has 0 saturated heterocycles. The molecule has 0 aliphatic rings. The third-order valence-electron chi connectivity index (χ3n) is 3.05. The quantitative estimate of drug-likeness (QED) is 0.798. The van der Waals surface area contributed by atoms with Crippen molar-refractivity contribution in [3.05, 3.63) is 34.3 Å². The summed E-state index contributed by atoms with van der Waals surface area (Å²) in [6.45, 7) is 3.91. The fourth-order valence-electron chi connectivity index (χ4n) is 1.80. The van der Waals surface area contributed by atoms with Crippen LogP contribution in [0.2, 0.25) is 5.02 Å². The maximum Gasteiger partial charge on any atom is 0.0992 e. The van der Waals surface area contributed by atoms with Gasteiger partial charge >= 0.3 is 0 Å². The lowest BCUT2D eigenvalue weighted by Crippen LogP contribution is -2.23. The minimum Gasteiger partial charge on any atom is -0.396 e. The number of aliphatic hydroxyl groups is 1. The number of hydrogen-bond donors (Lipinski definition) is 2. The highest BCUT2D eigenvalue weighted by molar-refractivity contribution is 6.31. The maximum atomic E-state index is 8.91. The lowest BCUT2D eigenvalue weighted by Gasteiger charge is -2.14. The van der Waals surface area contributed by atoms with Gasteiger partial charge in [0.1, 0.15) is 0 Å². The van der Waals surface area contributed by atoms with Gasteiger partial charge in [-0.05, 0) is 36.6 Å². The van der Waals surface area contributed by atoms with E-state index in [2.05, 4.69) is 18.3 Å². The highest BCUT2D eigenvalue weighted by Crippen LogP contribution is 2.17. The van der Waals surface area contributed by atoms with Crippen LogP contribution in [0, 0.1) is 17.2 Å². The first-order chi connectivity index (χ1) is 8.71. The predicted octanol–water partition coefficient (Wildman–Crippen LogP) is 2.71. The van der Waals surface area contributed by atoms with Gasteiger partial charge in [0.05, 0.1) is 11.6 Å². The number of hydrogen-bond acceptors (Lipinski definition) is 3. The summed E-state index contributed by atoms with van der Waals surface area (Å²) in [6.07, 6.45) is 1.87. The Kier molecular flexibility index (Phi) is 6.74. The van der Waals surface area contributed by atoms with E-state index in [0.29, 0.717) is 23.0 Å². The van der Waals surface area contributed by atoms with Crippen LogP contribution in [0.4, 0.5) is 0 Å². The highest BCUT2D eigenvalue weighted by Gasteiger charge is 2.06. The molecule has 1 aromatic carbocycles. The highest BCUT2D eigenvalue weighted by atomic mass is 35.5. The summed E-state index contributed by atoms with van der Waals surface area (Å²) in [5.41, 5.74) is 1.57. The first kappa shape index (κ1) is 15.0. The van der Waals surface area contributed by atoms with Crippen LogP contribution in [0.25, 0.3) is 0 Å². The Labute approximate surface area is 113 Å². The molecule has 0 saturated carbocycles. The van der Waals surface area contributed by atoms with E-state index in [0.717, 1.165) is 24.9 Å². The fourth-order valence-corrected chi connectivity index (χ4v) is 2.05. The van der Waals surface area contributed by atoms with Crippen LogP contribution in [-0.2, 0) is 6.54 Å². The molecule has 0 fully saturated rings. The van der Waals surface area contributed by atoms with E-state index in [1.807, 2.05) is 6.07 Å². The van der Waals surface area contributed by atoms with Gasteiger partial charge in [-0.3, -0.25) is 0 Å². The van der Waals surface area contributed by atoms with Crippen LogP contribution in [0.15, 0.2) is 18.2 Å². The first-order valence-electron chi connectivity index (χ1n) is 6.21. The van der Waals surface area contributed by atoms with Crippen molar-refractivity contribution in [3.8, 4) is 6.07 Å². The molecule has 18 heavy (non-hydrogen) atoms. The van der Waals surface area contributed by atoms with Gasteiger partial charge < -0.3 is 10.4 Å². The summed E-state index contributed by atoms with van der Waals surface area (Å²) < 4.78 is 0. The van der Waals surface area contributed by atoms with Crippen LogP contribution >= 0.6 is 11.6 Å². The minimum absolute atomic E-state index is 0.234. The second-order valence-corrected chi connectivity index (χ2v) is 4.74. The molecule has 98 valence electrons. The standard InChI is InChI=1S/C14H19ClN2O/c1-2-11(5-6-18)9-17-10-13-4-3-12(8-16)7-14(13)15/h3-4,7,11,17-18H,2,5-6,9-10H2,1H3. The van der Waals surface area contributed by atoms with Gasteiger partial charge in [-0.15, -0.1) is 0 Å². The maximum absolute atomic E-state index is 8.91. The zero-order chi connectivity index (χ0) is 13.4. The topological polar surface area (TPSA) is 56.0 Å². The van der Waals surface area contributed by atoms with Crippen LogP contribution in [0.1, 0.15) is 30.9 Å². The van der Waals surface area contributed by atoms with Crippen molar-refractivity contribution in [2.24, 2.45) is 5.92 Å². The number of nitrogens with one attached hydrogen (secondary N) is 1. The van der Waals surface area contributed by atoms with Crippen molar-refractivity contribution in [1.29, 1.82) is 5.26 Å². The Hall–Kier alpha value is -1.08. The summed E-state index contributed by atoms with van der Waals surface area (Å²) in [5.74, 6) is 0.493. The molecule has 0 spiro atoms. The summed E-state index contributed by atoms with van der Waals surface area (Å²) in [4.78, 5) is 0. The van der Waals surface area contributed by atoms with Gasteiger partial charge in [0, 0.05) is 18.2 Å². The summed E-state index contributed by atoms with van der Waals surface area (Å²) in [5, 5.41) is 21.6. The lowest BCUT2D eigenvalue weighted by atomic mass is 10.0. The van der Waals surface area contributed by atoms with Gasteiger partial charge in [0.25, 0.3) is 0 Å². The van der Waals surface area contributed by atoms with Gasteiger partial charge in [0.15, 0.2) is 0 Å². The first-order valence-corrected chi connectivity index (χ1v) is 6.59. The summed E-state index contributed by atoms with van der Waals surface area (Å²) in [7, 11) is 0. The van der Waals surface area contributed by atoms with E-state index in [-0.39, 0.29) is 6.61 Å². The molecule has 1 aromatic rings. The third-order valence-corrected chi connectivity index (χ3v) is 3.40. The second kappa shape index (κ2) is 8.10. The molecule has 1 unspecified atom stereocenters. The predicted molar refractivity (Wildman–Crippen MR) is 73.4 cm³/mol. The number of nitrogens with zero attached hydrogens (tertiary/aromatic N) is 1. The smallest absolute Gasteiger partial charge is 0.0992 e. The lowest BCUT2D eigenvalue weighted by molar-refractivity contribution is 0.251. The average Bonchev–Trinajstić information content (AvgIpc) is 2.39. The van der Waals surface area contributed by atoms with Crippen LogP contribution < -0.4 is 5.32 Å². The molecule has 0 heterocycles. The van der Waals surface area contributed by atoms with Gasteiger partial charge in [-0.1, -0.05) is 31.0 Å².